The van der Waals surface area contributed by atoms with E-state index in [1.807, 2.05) is 0 Å². The SMILES string of the molecule is COc1cc(Br)c(F)c(C2CCCN2)c1OC. The Morgan fingerprint density at radius 2 is 2.18 bits per heavy atom. The van der Waals surface area contributed by atoms with E-state index in [1.165, 1.54) is 7.11 Å². The van der Waals surface area contributed by atoms with Crippen LogP contribution in [-0.4, -0.2) is 20.8 Å². The van der Waals surface area contributed by atoms with Crippen LogP contribution in [0.15, 0.2) is 10.5 Å². The van der Waals surface area contributed by atoms with Crippen molar-refractivity contribution in [2.75, 3.05) is 20.8 Å². The summed E-state index contributed by atoms with van der Waals surface area (Å²) >= 11 is 3.21. The van der Waals surface area contributed by atoms with Crippen LogP contribution in [-0.2, 0) is 0 Å². The highest BCUT2D eigenvalue weighted by atomic mass is 79.9. The van der Waals surface area contributed by atoms with E-state index in [2.05, 4.69) is 21.2 Å². The number of methoxy groups -OCH3 is 2. The summed E-state index contributed by atoms with van der Waals surface area (Å²) in [6.45, 7) is 0.905. The van der Waals surface area contributed by atoms with E-state index >= 15 is 0 Å². The predicted octanol–water partition coefficient (Wildman–Crippen LogP) is 3.03. The summed E-state index contributed by atoms with van der Waals surface area (Å²) in [7, 11) is 3.08. The molecule has 1 fully saturated rings. The van der Waals surface area contributed by atoms with Crippen LogP contribution in [0.5, 0.6) is 11.5 Å². The third-order valence-corrected chi connectivity index (χ3v) is 3.58. The van der Waals surface area contributed by atoms with Gasteiger partial charge >= 0.3 is 0 Å². The summed E-state index contributed by atoms with van der Waals surface area (Å²) in [5.74, 6) is 0.749. The fraction of sp³-hybridized carbons (Fsp3) is 0.500. The molecule has 17 heavy (non-hydrogen) atoms. The summed E-state index contributed by atoms with van der Waals surface area (Å²) in [6.07, 6.45) is 1.95. The van der Waals surface area contributed by atoms with Crippen molar-refractivity contribution < 1.29 is 13.9 Å². The zero-order valence-corrected chi connectivity index (χ0v) is 11.4. The molecule has 0 aliphatic carbocycles. The number of hydrogen-bond acceptors (Lipinski definition) is 3. The van der Waals surface area contributed by atoms with Crippen LogP contribution >= 0.6 is 15.9 Å². The lowest BCUT2D eigenvalue weighted by Crippen LogP contribution is -2.16. The minimum absolute atomic E-state index is 0.00338. The molecular weight excluding hydrogens is 289 g/mol. The number of ether oxygens (including phenoxy) is 2. The van der Waals surface area contributed by atoms with Crippen molar-refractivity contribution in [3.05, 3.63) is 21.9 Å². The monoisotopic (exact) mass is 303 g/mol. The van der Waals surface area contributed by atoms with Gasteiger partial charge < -0.3 is 14.8 Å². The quantitative estimate of drug-likeness (QED) is 0.931. The van der Waals surface area contributed by atoms with Crippen LogP contribution in [0.1, 0.15) is 24.4 Å². The van der Waals surface area contributed by atoms with Gasteiger partial charge in [-0.25, -0.2) is 4.39 Å². The van der Waals surface area contributed by atoms with E-state index in [0.29, 0.717) is 21.5 Å². The van der Waals surface area contributed by atoms with Gasteiger partial charge in [0, 0.05) is 12.1 Å². The summed E-state index contributed by atoms with van der Waals surface area (Å²) < 4.78 is 25.1. The maximum absolute atomic E-state index is 14.2. The molecule has 0 spiro atoms. The Morgan fingerprint density at radius 1 is 1.41 bits per heavy atom. The van der Waals surface area contributed by atoms with E-state index in [4.69, 9.17) is 9.47 Å². The van der Waals surface area contributed by atoms with Gasteiger partial charge in [0.15, 0.2) is 11.5 Å². The first kappa shape index (κ1) is 12.6. The number of rotatable bonds is 3. The van der Waals surface area contributed by atoms with Crippen molar-refractivity contribution in [3.63, 3.8) is 0 Å². The highest BCUT2D eigenvalue weighted by Gasteiger charge is 2.27. The Morgan fingerprint density at radius 3 is 2.71 bits per heavy atom. The first-order valence-corrected chi connectivity index (χ1v) is 6.31. The average molecular weight is 304 g/mol. The maximum atomic E-state index is 14.2. The number of hydrogen-bond donors (Lipinski definition) is 1. The molecule has 1 atom stereocenters. The van der Waals surface area contributed by atoms with E-state index in [9.17, 15) is 4.39 Å². The van der Waals surface area contributed by atoms with Crippen molar-refractivity contribution >= 4 is 15.9 Å². The number of halogens is 2. The standard InChI is InChI=1S/C12H15BrFNO2/c1-16-9-6-7(13)11(14)10(12(9)17-2)8-4-3-5-15-8/h6,8,15H,3-5H2,1-2H3. The van der Waals surface area contributed by atoms with Gasteiger partial charge in [-0.05, 0) is 35.3 Å². The van der Waals surface area contributed by atoms with Gasteiger partial charge in [0.05, 0.1) is 24.3 Å². The first-order chi connectivity index (χ1) is 8.19. The van der Waals surface area contributed by atoms with Gasteiger partial charge in [0.2, 0.25) is 0 Å². The topological polar surface area (TPSA) is 30.5 Å². The molecule has 3 nitrogen and oxygen atoms in total. The zero-order valence-electron chi connectivity index (χ0n) is 9.85. The zero-order chi connectivity index (χ0) is 12.4. The Labute approximate surface area is 108 Å². The second kappa shape index (κ2) is 5.23. The van der Waals surface area contributed by atoms with Gasteiger partial charge in [0.1, 0.15) is 5.82 Å². The summed E-state index contributed by atoms with van der Waals surface area (Å²) in [5.41, 5.74) is 0.552. The van der Waals surface area contributed by atoms with E-state index in [1.54, 1.807) is 13.2 Å². The van der Waals surface area contributed by atoms with Gasteiger partial charge in [-0.3, -0.25) is 0 Å². The molecule has 2 rings (SSSR count). The molecule has 0 radical (unpaired) electrons. The molecule has 5 heteroatoms. The van der Waals surface area contributed by atoms with Gasteiger partial charge in [-0.15, -0.1) is 0 Å². The molecule has 1 saturated heterocycles. The van der Waals surface area contributed by atoms with Crippen molar-refractivity contribution in [1.29, 1.82) is 0 Å². The Hall–Kier alpha value is -0.810. The molecule has 1 aromatic carbocycles. The van der Waals surface area contributed by atoms with E-state index in [0.717, 1.165) is 19.4 Å². The van der Waals surface area contributed by atoms with Crippen LogP contribution in [0.2, 0.25) is 0 Å². The molecular formula is C12H15BrFNO2. The van der Waals surface area contributed by atoms with Crippen LogP contribution in [0.4, 0.5) is 4.39 Å². The van der Waals surface area contributed by atoms with E-state index in [-0.39, 0.29) is 11.9 Å². The summed E-state index contributed by atoms with van der Waals surface area (Å²) in [5, 5.41) is 3.27. The highest BCUT2D eigenvalue weighted by molar-refractivity contribution is 9.10. The van der Waals surface area contributed by atoms with E-state index < -0.39 is 0 Å². The summed E-state index contributed by atoms with van der Waals surface area (Å²) in [6, 6.07) is 1.59. The molecule has 0 saturated carbocycles. The largest absolute Gasteiger partial charge is 0.493 e. The van der Waals surface area contributed by atoms with Crippen molar-refractivity contribution in [1.82, 2.24) is 5.32 Å². The highest BCUT2D eigenvalue weighted by Crippen LogP contribution is 2.42. The molecule has 1 unspecified atom stereocenters. The van der Waals surface area contributed by atoms with Gasteiger partial charge in [0.25, 0.3) is 0 Å². The molecule has 94 valence electrons. The average Bonchev–Trinajstić information content (AvgIpc) is 2.85. The van der Waals surface area contributed by atoms with Crippen LogP contribution in [0, 0.1) is 5.82 Å². The third kappa shape index (κ3) is 2.26. The Bertz CT molecular complexity index is 419. The Kier molecular flexibility index (Phi) is 3.89. The second-order valence-electron chi connectivity index (χ2n) is 3.97. The van der Waals surface area contributed by atoms with Crippen LogP contribution in [0.3, 0.4) is 0 Å². The van der Waals surface area contributed by atoms with Crippen LogP contribution < -0.4 is 14.8 Å². The molecule has 0 bridgehead atoms. The fourth-order valence-electron chi connectivity index (χ4n) is 2.21. The second-order valence-corrected chi connectivity index (χ2v) is 4.82. The molecule has 1 aliphatic rings. The van der Waals surface area contributed by atoms with Crippen LogP contribution in [0.25, 0.3) is 0 Å². The number of benzene rings is 1. The third-order valence-electron chi connectivity index (χ3n) is 3.01. The summed E-state index contributed by atoms with van der Waals surface area (Å²) in [4.78, 5) is 0. The van der Waals surface area contributed by atoms with Gasteiger partial charge in [-0.1, -0.05) is 0 Å². The molecule has 1 aromatic rings. The molecule has 0 aromatic heterocycles. The lowest BCUT2D eigenvalue weighted by Gasteiger charge is -2.19. The minimum atomic E-state index is -0.276. The van der Waals surface area contributed by atoms with Crippen molar-refractivity contribution in [2.24, 2.45) is 0 Å². The normalized spacial score (nSPS) is 19.4. The maximum Gasteiger partial charge on any atom is 0.168 e. The molecule has 1 heterocycles. The minimum Gasteiger partial charge on any atom is -0.493 e. The first-order valence-electron chi connectivity index (χ1n) is 5.52. The molecule has 0 amide bonds. The van der Waals surface area contributed by atoms with Crippen molar-refractivity contribution in [3.8, 4) is 11.5 Å². The fourth-order valence-corrected chi connectivity index (χ4v) is 2.63. The lowest BCUT2D eigenvalue weighted by atomic mass is 10.0. The molecule has 1 N–H and O–H groups in total. The Balaban J connectivity index is 2.56. The smallest absolute Gasteiger partial charge is 0.168 e. The van der Waals surface area contributed by atoms with Crippen molar-refractivity contribution in [2.45, 2.75) is 18.9 Å². The molecule has 1 aliphatic heterocycles. The lowest BCUT2D eigenvalue weighted by molar-refractivity contribution is 0.343. The number of nitrogens with one attached hydrogen (secondary N) is 1. The predicted molar refractivity (Wildman–Crippen MR) is 67.2 cm³/mol. The van der Waals surface area contributed by atoms with Gasteiger partial charge in [-0.2, -0.15) is 0 Å².